The van der Waals surface area contributed by atoms with Gasteiger partial charge in [0.1, 0.15) is 6.61 Å². The molecule has 0 saturated heterocycles. The lowest BCUT2D eigenvalue weighted by Gasteiger charge is -2.06. The molecule has 0 fully saturated rings. The van der Waals surface area contributed by atoms with Gasteiger partial charge in [-0.3, -0.25) is 9.59 Å². The highest BCUT2D eigenvalue weighted by atomic mass is 16.5. The summed E-state index contributed by atoms with van der Waals surface area (Å²) in [5.74, 6) is -0.490. The monoisotopic (exact) mass is 376 g/mol. The molecule has 152 valence electrons. The Morgan fingerprint density at radius 3 is 1.93 bits per heavy atom. The minimum atomic E-state index is -0.272. The quantitative estimate of drug-likeness (QED) is 0.283. The maximum atomic E-state index is 11.7. The van der Waals surface area contributed by atoms with Crippen LogP contribution in [0.15, 0.2) is 24.3 Å². The largest absolute Gasteiger partial charge is 0.466 e. The number of aryl methyl sites for hydroxylation is 1. The Morgan fingerprint density at radius 2 is 1.30 bits per heavy atom. The van der Waals surface area contributed by atoms with Crippen LogP contribution in [-0.4, -0.2) is 18.5 Å². The summed E-state index contributed by atoms with van der Waals surface area (Å²) in [6.07, 6.45) is 10.8. The van der Waals surface area contributed by atoms with Crippen molar-refractivity contribution in [3.05, 3.63) is 35.4 Å². The number of rotatable bonds is 15. The van der Waals surface area contributed by atoms with Crippen molar-refractivity contribution in [3.63, 3.8) is 0 Å². The predicted molar refractivity (Wildman–Crippen MR) is 108 cm³/mol. The molecule has 0 aliphatic carbocycles. The number of benzene rings is 1. The third-order valence-electron chi connectivity index (χ3n) is 4.54. The van der Waals surface area contributed by atoms with Crippen LogP contribution in [-0.2, 0) is 25.7 Å². The van der Waals surface area contributed by atoms with E-state index in [1.807, 2.05) is 31.2 Å². The van der Waals surface area contributed by atoms with Crippen LogP contribution >= 0.6 is 0 Å². The van der Waals surface area contributed by atoms with Crippen LogP contribution in [0.3, 0.4) is 0 Å². The van der Waals surface area contributed by atoms with Gasteiger partial charge < -0.3 is 9.47 Å². The molecular formula is C23H36O4. The highest BCUT2D eigenvalue weighted by Crippen LogP contribution is 2.09. The minimum absolute atomic E-state index is 0.218. The van der Waals surface area contributed by atoms with Crippen LogP contribution in [0.5, 0.6) is 0 Å². The molecule has 27 heavy (non-hydrogen) atoms. The summed E-state index contributed by atoms with van der Waals surface area (Å²) in [6.45, 7) is 5.01. The number of unbranched alkanes of at least 4 members (excludes halogenated alkanes) is 7. The van der Waals surface area contributed by atoms with Crippen LogP contribution in [0, 0.1) is 6.92 Å². The third-order valence-corrected chi connectivity index (χ3v) is 4.54. The molecule has 1 rings (SSSR count). The fourth-order valence-electron chi connectivity index (χ4n) is 2.79. The standard InChI is InChI=1S/C23H36O4/c1-3-4-5-6-7-8-9-10-18-26-22(24)12-11-13-23(25)27-19-21-16-14-20(2)15-17-21/h14-17H,3-13,18-19H2,1-2H3. The van der Waals surface area contributed by atoms with Crippen molar-refractivity contribution in [2.75, 3.05) is 6.61 Å². The molecule has 0 heterocycles. The van der Waals surface area contributed by atoms with E-state index in [0.717, 1.165) is 18.4 Å². The van der Waals surface area contributed by atoms with Crippen molar-refractivity contribution in [1.82, 2.24) is 0 Å². The Kier molecular flexibility index (Phi) is 13.1. The maximum absolute atomic E-state index is 11.7. The zero-order chi connectivity index (χ0) is 19.7. The zero-order valence-electron chi connectivity index (χ0n) is 17.1. The van der Waals surface area contributed by atoms with Crippen molar-refractivity contribution in [1.29, 1.82) is 0 Å². The lowest BCUT2D eigenvalue weighted by molar-refractivity contribution is -0.146. The second-order valence-corrected chi connectivity index (χ2v) is 7.20. The Bertz CT molecular complexity index is 522. The van der Waals surface area contributed by atoms with Gasteiger partial charge in [0.05, 0.1) is 6.61 Å². The number of ether oxygens (including phenoxy) is 2. The lowest BCUT2D eigenvalue weighted by atomic mass is 10.1. The smallest absolute Gasteiger partial charge is 0.306 e. The Morgan fingerprint density at radius 1 is 0.741 bits per heavy atom. The van der Waals surface area contributed by atoms with Gasteiger partial charge in [0, 0.05) is 12.8 Å². The molecule has 0 N–H and O–H groups in total. The average Bonchev–Trinajstić information content (AvgIpc) is 2.66. The third kappa shape index (κ3) is 13.0. The lowest BCUT2D eigenvalue weighted by Crippen LogP contribution is -2.09. The van der Waals surface area contributed by atoms with E-state index >= 15 is 0 Å². The van der Waals surface area contributed by atoms with E-state index in [1.54, 1.807) is 0 Å². The highest BCUT2D eigenvalue weighted by Gasteiger charge is 2.07. The van der Waals surface area contributed by atoms with Crippen molar-refractivity contribution < 1.29 is 19.1 Å². The molecule has 0 atom stereocenters. The molecular weight excluding hydrogens is 340 g/mol. The first-order valence-electron chi connectivity index (χ1n) is 10.5. The van der Waals surface area contributed by atoms with E-state index in [9.17, 15) is 9.59 Å². The maximum Gasteiger partial charge on any atom is 0.306 e. The van der Waals surface area contributed by atoms with E-state index in [4.69, 9.17) is 9.47 Å². The summed E-state index contributed by atoms with van der Waals surface area (Å²) in [5.41, 5.74) is 2.15. The van der Waals surface area contributed by atoms with E-state index in [-0.39, 0.29) is 31.4 Å². The van der Waals surface area contributed by atoms with Gasteiger partial charge >= 0.3 is 11.9 Å². The van der Waals surface area contributed by atoms with Crippen LogP contribution < -0.4 is 0 Å². The number of hydrogen-bond donors (Lipinski definition) is 0. The van der Waals surface area contributed by atoms with E-state index in [2.05, 4.69) is 6.92 Å². The summed E-state index contributed by atoms with van der Waals surface area (Å²) in [4.78, 5) is 23.4. The Labute approximate surface area is 164 Å². The van der Waals surface area contributed by atoms with Crippen molar-refractivity contribution >= 4 is 11.9 Å². The van der Waals surface area contributed by atoms with Crippen molar-refractivity contribution in [2.24, 2.45) is 0 Å². The van der Waals surface area contributed by atoms with Crippen LogP contribution in [0.4, 0.5) is 0 Å². The first-order chi connectivity index (χ1) is 13.1. The van der Waals surface area contributed by atoms with Gasteiger partial charge in [0.2, 0.25) is 0 Å². The Hall–Kier alpha value is -1.84. The molecule has 4 heteroatoms. The number of carbonyl (C=O) groups excluding carboxylic acids is 2. The zero-order valence-corrected chi connectivity index (χ0v) is 17.1. The summed E-state index contributed by atoms with van der Waals surface area (Å²) >= 11 is 0. The molecule has 0 aliphatic rings. The summed E-state index contributed by atoms with van der Waals surface area (Å²) in [5, 5.41) is 0. The number of carbonyl (C=O) groups is 2. The molecule has 0 spiro atoms. The first kappa shape index (κ1) is 23.2. The first-order valence-corrected chi connectivity index (χ1v) is 10.5. The molecule has 0 aliphatic heterocycles. The fraction of sp³-hybridized carbons (Fsp3) is 0.652. The van der Waals surface area contributed by atoms with Gasteiger partial charge in [-0.2, -0.15) is 0 Å². The van der Waals surface area contributed by atoms with E-state index in [0.29, 0.717) is 13.0 Å². The van der Waals surface area contributed by atoms with Gasteiger partial charge in [0.25, 0.3) is 0 Å². The molecule has 1 aromatic rings. The summed E-state index contributed by atoms with van der Waals surface area (Å²) in [6, 6.07) is 7.88. The Balaban J connectivity index is 1.94. The topological polar surface area (TPSA) is 52.6 Å². The number of hydrogen-bond acceptors (Lipinski definition) is 4. The fourth-order valence-corrected chi connectivity index (χ4v) is 2.79. The highest BCUT2D eigenvalue weighted by molar-refractivity contribution is 5.72. The van der Waals surface area contributed by atoms with Gasteiger partial charge in [-0.15, -0.1) is 0 Å². The van der Waals surface area contributed by atoms with E-state index < -0.39 is 0 Å². The van der Waals surface area contributed by atoms with Gasteiger partial charge in [-0.25, -0.2) is 0 Å². The van der Waals surface area contributed by atoms with Gasteiger partial charge in [0.15, 0.2) is 0 Å². The average molecular weight is 377 g/mol. The molecule has 0 saturated carbocycles. The van der Waals surface area contributed by atoms with Crippen LogP contribution in [0.2, 0.25) is 0 Å². The molecule has 1 aromatic carbocycles. The summed E-state index contributed by atoms with van der Waals surface area (Å²) in [7, 11) is 0. The molecule has 0 unspecified atom stereocenters. The minimum Gasteiger partial charge on any atom is -0.466 e. The molecule has 0 radical (unpaired) electrons. The van der Waals surface area contributed by atoms with Gasteiger partial charge in [-0.05, 0) is 25.3 Å². The van der Waals surface area contributed by atoms with Crippen molar-refractivity contribution in [3.8, 4) is 0 Å². The molecule has 0 aromatic heterocycles. The molecule has 4 nitrogen and oxygen atoms in total. The second kappa shape index (κ2) is 15.2. The van der Waals surface area contributed by atoms with E-state index in [1.165, 1.54) is 44.1 Å². The number of esters is 2. The second-order valence-electron chi connectivity index (χ2n) is 7.20. The van der Waals surface area contributed by atoms with Crippen molar-refractivity contribution in [2.45, 2.75) is 91.1 Å². The molecule has 0 bridgehead atoms. The van der Waals surface area contributed by atoms with Gasteiger partial charge in [-0.1, -0.05) is 81.7 Å². The predicted octanol–water partition coefficient (Wildman–Crippen LogP) is 5.89. The summed E-state index contributed by atoms with van der Waals surface area (Å²) < 4.78 is 10.4. The SMILES string of the molecule is CCCCCCCCCCOC(=O)CCCC(=O)OCc1ccc(C)cc1. The van der Waals surface area contributed by atoms with Crippen LogP contribution in [0.1, 0.15) is 88.7 Å². The van der Waals surface area contributed by atoms with Crippen LogP contribution in [0.25, 0.3) is 0 Å². The molecule has 0 amide bonds. The normalized spacial score (nSPS) is 10.6.